The van der Waals surface area contributed by atoms with Crippen LogP contribution in [0.25, 0.3) is 0 Å². The van der Waals surface area contributed by atoms with Crippen molar-refractivity contribution in [3.05, 3.63) is 0 Å². The minimum absolute atomic E-state index is 0.0231. The summed E-state index contributed by atoms with van der Waals surface area (Å²) in [5.74, 6) is -2.45. The molecule has 1 amide bonds. The van der Waals surface area contributed by atoms with E-state index in [2.05, 4.69) is 9.80 Å². The van der Waals surface area contributed by atoms with E-state index in [1.807, 2.05) is 11.8 Å². The maximum atomic E-state index is 13.4. The Bertz CT molecular complexity index is 535. The Balaban J connectivity index is 1.19. The molecule has 27 heavy (non-hydrogen) atoms. The van der Waals surface area contributed by atoms with Crippen LogP contribution in [0.1, 0.15) is 51.9 Å². The van der Waals surface area contributed by atoms with E-state index in [1.54, 1.807) is 0 Å². The second-order valence-electron chi connectivity index (χ2n) is 9.09. The Morgan fingerprint density at radius 2 is 1.59 bits per heavy atom. The number of piperidine rings is 2. The zero-order chi connectivity index (χ0) is 19.1. The van der Waals surface area contributed by atoms with E-state index in [1.165, 1.54) is 12.8 Å². The molecule has 0 N–H and O–H groups in total. The van der Waals surface area contributed by atoms with Crippen molar-refractivity contribution in [1.82, 2.24) is 14.7 Å². The summed E-state index contributed by atoms with van der Waals surface area (Å²) < 4.78 is 31.9. The lowest BCUT2D eigenvalue weighted by molar-refractivity contribution is -0.0724. The Labute approximate surface area is 161 Å². The molecule has 0 atom stereocenters. The number of hydrogen-bond acceptors (Lipinski definition) is 4. The van der Waals surface area contributed by atoms with E-state index < -0.39 is 5.92 Å². The summed E-state index contributed by atoms with van der Waals surface area (Å²) in [6.45, 7) is 7.23. The van der Waals surface area contributed by atoms with Crippen LogP contribution in [0.3, 0.4) is 0 Å². The number of ether oxygens (including phenoxy) is 1. The van der Waals surface area contributed by atoms with Gasteiger partial charge in [0.05, 0.1) is 6.61 Å². The number of alkyl halides is 2. The van der Waals surface area contributed by atoms with Crippen molar-refractivity contribution in [1.29, 1.82) is 0 Å². The van der Waals surface area contributed by atoms with E-state index in [-0.39, 0.29) is 18.9 Å². The highest BCUT2D eigenvalue weighted by Gasteiger charge is 2.51. The van der Waals surface area contributed by atoms with Crippen molar-refractivity contribution < 1.29 is 18.3 Å². The Kier molecular flexibility index (Phi) is 5.36. The highest BCUT2D eigenvalue weighted by Crippen LogP contribution is 2.50. The Morgan fingerprint density at radius 1 is 0.963 bits per heavy atom. The first-order valence-corrected chi connectivity index (χ1v) is 10.7. The molecule has 3 saturated heterocycles. The third-order valence-corrected chi connectivity index (χ3v) is 7.36. The zero-order valence-corrected chi connectivity index (χ0v) is 16.5. The summed E-state index contributed by atoms with van der Waals surface area (Å²) in [5, 5.41) is 0. The summed E-state index contributed by atoms with van der Waals surface area (Å²) in [4.78, 5) is 18.7. The molecule has 154 valence electrons. The fraction of sp³-hybridized carbons (Fsp3) is 0.950. The van der Waals surface area contributed by atoms with Gasteiger partial charge in [-0.25, -0.2) is 13.6 Å². The fourth-order valence-corrected chi connectivity index (χ4v) is 5.67. The van der Waals surface area contributed by atoms with Gasteiger partial charge in [-0.1, -0.05) is 0 Å². The van der Waals surface area contributed by atoms with Crippen molar-refractivity contribution in [2.45, 2.75) is 69.9 Å². The average molecular weight is 385 g/mol. The zero-order valence-electron chi connectivity index (χ0n) is 16.5. The molecule has 1 saturated carbocycles. The third kappa shape index (κ3) is 4.09. The molecule has 3 aliphatic heterocycles. The number of rotatable bonds is 3. The van der Waals surface area contributed by atoms with Crippen molar-refractivity contribution in [3.63, 3.8) is 0 Å². The van der Waals surface area contributed by atoms with Crippen LogP contribution in [0.2, 0.25) is 0 Å². The predicted octanol–water partition coefficient (Wildman–Crippen LogP) is 3.19. The molecule has 7 heteroatoms. The third-order valence-electron chi connectivity index (χ3n) is 7.36. The number of amides is 1. The standard InChI is InChI=1S/C20H33F2N3O2/c1-2-27-18(26)25-10-5-19(15-25)13-17(14-19)23-8-3-16(4-9-23)24-11-6-20(21,22)7-12-24/h16-17H,2-15H2,1H3. The van der Waals surface area contributed by atoms with Crippen molar-refractivity contribution in [2.75, 3.05) is 45.9 Å². The lowest BCUT2D eigenvalue weighted by atomic mass is 9.64. The summed E-state index contributed by atoms with van der Waals surface area (Å²) in [6.07, 6.45) is 5.55. The maximum absolute atomic E-state index is 13.4. The quantitative estimate of drug-likeness (QED) is 0.748. The molecule has 5 nitrogen and oxygen atoms in total. The van der Waals surface area contributed by atoms with E-state index >= 15 is 0 Å². The summed E-state index contributed by atoms with van der Waals surface area (Å²) >= 11 is 0. The molecule has 1 spiro atoms. The van der Waals surface area contributed by atoms with Crippen LogP contribution in [-0.2, 0) is 4.74 Å². The first kappa shape index (κ1) is 19.4. The maximum Gasteiger partial charge on any atom is 0.409 e. The molecule has 0 bridgehead atoms. The highest BCUT2D eigenvalue weighted by atomic mass is 19.3. The molecule has 0 radical (unpaired) electrons. The predicted molar refractivity (Wildman–Crippen MR) is 99.0 cm³/mol. The number of hydrogen-bond donors (Lipinski definition) is 0. The second-order valence-corrected chi connectivity index (χ2v) is 9.09. The van der Waals surface area contributed by atoms with Crippen LogP contribution in [-0.4, -0.2) is 84.7 Å². The molecule has 0 aromatic carbocycles. The molecule has 0 unspecified atom stereocenters. The molecular weight excluding hydrogens is 352 g/mol. The summed E-state index contributed by atoms with van der Waals surface area (Å²) in [5.41, 5.74) is 0.312. The van der Waals surface area contributed by atoms with Gasteiger partial charge in [0, 0.05) is 51.1 Å². The Morgan fingerprint density at radius 3 is 2.22 bits per heavy atom. The Hall–Kier alpha value is -0.950. The minimum atomic E-state index is -2.45. The highest BCUT2D eigenvalue weighted by molar-refractivity contribution is 5.68. The van der Waals surface area contributed by atoms with Crippen LogP contribution in [0.15, 0.2) is 0 Å². The second kappa shape index (κ2) is 7.47. The van der Waals surface area contributed by atoms with Crippen molar-refractivity contribution in [2.24, 2.45) is 5.41 Å². The molecule has 4 rings (SSSR count). The van der Waals surface area contributed by atoms with Gasteiger partial charge < -0.3 is 14.5 Å². The average Bonchev–Trinajstić information content (AvgIpc) is 3.07. The van der Waals surface area contributed by atoms with E-state index in [4.69, 9.17) is 4.74 Å². The van der Waals surface area contributed by atoms with Crippen LogP contribution >= 0.6 is 0 Å². The molecule has 4 fully saturated rings. The summed E-state index contributed by atoms with van der Waals surface area (Å²) in [6, 6.07) is 1.12. The van der Waals surface area contributed by atoms with Gasteiger partial charge in [-0.2, -0.15) is 0 Å². The van der Waals surface area contributed by atoms with Crippen molar-refractivity contribution in [3.8, 4) is 0 Å². The van der Waals surface area contributed by atoms with Crippen LogP contribution in [0.5, 0.6) is 0 Å². The van der Waals surface area contributed by atoms with Gasteiger partial charge in [0.15, 0.2) is 0 Å². The molecule has 4 aliphatic rings. The largest absolute Gasteiger partial charge is 0.450 e. The monoisotopic (exact) mass is 385 g/mol. The number of halogens is 2. The van der Waals surface area contributed by atoms with Crippen LogP contribution in [0, 0.1) is 5.41 Å². The van der Waals surface area contributed by atoms with E-state index in [0.29, 0.717) is 37.2 Å². The number of carbonyl (C=O) groups is 1. The molecule has 0 aromatic rings. The van der Waals surface area contributed by atoms with E-state index in [9.17, 15) is 13.6 Å². The fourth-order valence-electron chi connectivity index (χ4n) is 5.67. The van der Waals surface area contributed by atoms with E-state index in [0.717, 1.165) is 45.4 Å². The normalized spacial score (nSPS) is 35.4. The SMILES string of the molecule is CCOC(=O)N1CCC2(CC(N3CCC(N4CCC(F)(F)CC4)CC3)C2)C1. The number of nitrogens with zero attached hydrogens (tertiary/aromatic N) is 3. The van der Waals surface area contributed by atoms with Gasteiger partial charge in [-0.05, 0) is 57.5 Å². The molecular formula is C20H33F2N3O2. The first-order chi connectivity index (χ1) is 12.9. The lowest BCUT2D eigenvalue weighted by Crippen LogP contribution is -2.56. The number of likely N-dealkylation sites (tertiary alicyclic amines) is 3. The van der Waals surface area contributed by atoms with Gasteiger partial charge in [-0.3, -0.25) is 4.90 Å². The van der Waals surface area contributed by atoms with Gasteiger partial charge in [0.1, 0.15) is 0 Å². The smallest absolute Gasteiger partial charge is 0.409 e. The summed E-state index contributed by atoms with van der Waals surface area (Å²) in [7, 11) is 0. The molecule has 1 aliphatic carbocycles. The van der Waals surface area contributed by atoms with Crippen LogP contribution < -0.4 is 0 Å². The number of carbonyl (C=O) groups excluding carboxylic acids is 1. The van der Waals surface area contributed by atoms with Gasteiger partial charge >= 0.3 is 6.09 Å². The van der Waals surface area contributed by atoms with Crippen LogP contribution in [0.4, 0.5) is 13.6 Å². The van der Waals surface area contributed by atoms with Gasteiger partial charge in [-0.15, -0.1) is 0 Å². The van der Waals surface area contributed by atoms with Gasteiger partial charge in [0.25, 0.3) is 5.92 Å². The molecule has 3 heterocycles. The lowest BCUT2D eigenvalue weighted by Gasteiger charge is -2.52. The molecule has 0 aromatic heterocycles. The topological polar surface area (TPSA) is 36.0 Å². The van der Waals surface area contributed by atoms with Crippen molar-refractivity contribution >= 4 is 6.09 Å². The minimum Gasteiger partial charge on any atom is -0.450 e. The van der Waals surface area contributed by atoms with Gasteiger partial charge in [0.2, 0.25) is 0 Å². The first-order valence-electron chi connectivity index (χ1n) is 10.7.